The zero-order chi connectivity index (χ0) is 15.7. The lowest BCUT2D eigenvalue weighted by molar-refractivity contribution is 0.266. The van der Waals surface area contributed by atoms with E-state index in [4.69, 9.17) is 9.51 Å². The van der Waals surface area contributed by atoms with Gasteiger partial charge in [0.15, 0.2) is 5.82 Å². The fourth-order valence-corrected chi connectivity index (χ4v) is 4.14. The second-order valence-corrected chi connectivity index (χ2v) is 7.15. The van der Waals surface area contributed by atoms with Crippen molar-refractivity contribution in [2.45, 2.75) is 57.4 Å². The highest BCUT2D eigenvalue weighted by Gasteiger charge is 2.41. The molecule has 1 aromatic carbocycles. The first-order valence-electron chi connectivity index (χ1n) is 8.89. The summed E-state index contributed by atoms with van der Waals surface area (Å²) >= 11 is 0. The molecule has 4 rings (SSSR count). The van der Waals surface area contributed by atoms with Crippen LogP contribution in [0, 0.1) is 6.92 Å². The standard InChI is InChI=1S/C19H25N3O/c1-15-6-8-16(9-7-15)19(10-2-3-11-19)18-20-17(23-21-18)14-22-12-4-5-13-22/h6-9H,2-5,10-14H2,1H3. The lowest BCUT2D eigenvalue weighted by Gasteiger charge is -2.26. The van der Waals surface area contributed by atoms with Crippen LogP contribution >= 0.6 is 0 Å². The van der Waals surface area contributed by atoms with Crippen LogP contribution in [-0.2, 0) is 12.0 Å². The average Bonchev–Trinajstić information content (AvgIpc) is 3.30. The van der Waals surface area contributed by atoms with E-state index in [2.05, 4.69) is 41.2 Å². The molecule has 23 heavy (non-hydrogen) atoms. The van der Waals surface area contributed by atoms with Crippen molar-refractivity contribution in [1.29, 1.82) is 0 Å². The van der Waals surface area contributed by atoms with Crippen LogP contribution in [-0.4, -0.2) is 28.1 Å². The van der Waals surface area contributed by atoms with Gasteiger partial charge in [-0.05, 0) is 51.3 Å². The molecule has 0 atom stereocenters. The maximum absolute atomic E-state index is 5.61. The molecular weight excluding hydrogens is 286 g/mol. The van der Waals surface area contributed by atoms with Crippen molar-refractivity contribution in [1.82, 2.24) is 15.0 Å². The molecule has 2 aliphatic rings. The summed E-state index contributed by atoms with van der Waals surface area (Å²) in [6, 6.07) is 8.88. The highest BCUT2D eigenvalue weighted by atomic mass is 16.5. The van der Waals surface area contributed by atoms with E-state index in [0.717, 1.165) is 44.2 Å². The van der Waals surface area contributed by atoms with E-state index < -0.39 is 0 Å². The SMILES string of the molecule is Cc1ccc(C2(c3noc(CN4CCCC4)n3)CCCC2)cc1. The number of rotatable bonds is 4. The third-order valence-electron chi connectivity index (χ3n) is 5.51. The molecule has 0 amide bonds. The van der Waals surface area contributed by atoms with Gasteiger partial charge in [-0.3, -0.25) is 4.90 Å². The molecular formula is C19H25N3O. The number of likely N-dealkylation sites (tertiary alicyclic amines) is 1. The normalized spacial score (nSPS) is 21.1. The number of aromatic nitrogens is 2. The number of nitrogens with zero attached hydrogens (tertiary/aromatic N) is 3. The summed E-state index contributed by atoms with van der Waals surface area (Å²) in [7, 11) is 0. The van der Waals surface area contributed by atoms with Crippen molar-refractivity contribution >= 4 is 0 Å². The van der Waals surface area contributed by atoms with Crippen molar-refractivity contribution in [3.63, 3.8) is 0 Å². The van der Waals surface area contributed by atoms with Gasteiger partial charge in [0.1, 0.15) is 0 Å². The Morgan fingerprint density at radius 3 is 2.43 bits per heavy atom. The summed E-state index contributed by atoms with van der Waals surface area (Å²) in [5.74, 6) is 1.67. The molecule has 122 valence electrons. The van der Waals surface area contributed by atoms with Gasteiger partial charge in [0, 0.05) is 0 Å². The number of hydrogen-bond donors (Lipinski definition) is 0. The molecule has 1 aliphatic heterocycles. The van der Waals surface area contributed by atoms with Crippen LogP contribution in [0.15, 0.2) is 28.8 Å². The largest absolute Gasteiger partial charge is 0.338 e. The van der Waals surface area contributed by atoms with Crippen molar-refractivity contribution in [2.75, 3.05) is 13.1 Å². The predicted octanol–water partition coefficient (Wildman–Crippen LogP) is 3.83. The smallest absolute Gasteiger partial charge is 0.240 e. The minimum Gasteiger partial charge on any atom is -0.338 e. The first-order chi connectivity index (χ1) is 11.3. The first-order valence-corrected chi connectivity index (χ1v) is 8.89. The summed E-state index contributed by atoms with van der Waals surface area (Å²) in [6.45, 7) is 5.24. The molecule has 0 bridgehead atoms. The van der Waals surface area contributed by atoms with Crippen molar-refractivity contribution in [2.24, 2.45) is 0 Å². The Hall–Kier alpha value is -1.68. The highest BCUT2D eigenvalue weighted by molar-refractivity contribution is 5.35. The molecule has 2 aromatic rings. The minimum atomic E-state index is -0.0412. The fraction of sp³-hybridized carbons (Fsp3) is 0.579. The number of hydrogen-bond acceptors (Lipinski definition) is 4. The molecule has 1 saturated carbocycles. The monoisotopic (exact) mass is 311 g/mol. The van der Waals surface area contributed by atoms with Gasteiger partial charge in [0.05, 0.1) is 12.0 Å². The number of aryl methyl sites for hydroxylation is 1. The third kappa shape index (κ3) is 2.80. The molecule has 1 saturated heterocycles. The van der Waals surface area contributed by atoms with Crippen LogP contribution in [0.1, 0.15) is 61.4 Å². The maximum atomic E-state index is 5.61. The van der Waals surface area contributed by atoms with Crippen LogP contribution in [0.2, 0.25) is 0 Å². The fourth-order valence-electron chi connectivity index (χ4n) is 4.14. The van der Waals surface area contributed by atoms with Crippen molar-refractivity contribution < 1.29 is 4.52 Å². The zero-order valence-corrected chi connectivity index (χ0v) is 13.9. The average molecular weight is 311 g/mol. The van der Waals surface area contributed by atoms with Crippen LogP contribution < -0.4 is 0 Å². The second kappa shape index (κ2) is 6.08. The molecule has 0 unspecified atom stereocenters. The Morgan fingerprint density at radius 1 is 1.04 bits per heavy atom. The van der Waals surface area contributed by atoms with E-state index in [0.29, 0.717) is 0 Å². The second-order valence-electron chi connectivity index (χ2n) is 7.15. The Balaban J connectivity index is 1.62. The van der Waals surface area contributed by atoms with Crippen LogP contribution in [0.4, 0.5) is 0 Å². The quantitative estimate of drug-likeness (QED) is 0.860. The lowest BCUT2D eigenvalue weighted by Crippen LogP contribution is -2.25. The van der Waals surface area contributed by atoms with E-state index in [9.17, 15) is 0 Å². The molecule has 4 nitrogen and oxygen atoms in total. The van der Waals surface area contributed by atoms with Gasteiger partial charge in [0.25, 0.3) is 0 Å². The van der Waals surface area contributed by atoms with Gasteiger partial charge in [0.2, 0.25) is 5.89 Å². The van der Waals surface area contributed by atoms with E-state index in [1.165, 1.54) is 36.8 Å². The predicted molar refractivity (Wildman–Crippen MR) is 89.2 cm³/mol. The van der Waals surface area contributed by atoms with Crippen LogP contribution in [0.5, 0.6) is 0 Å². The van der Waals surface area contributed by atoms with Gasteiger partial charge >= 0.3 is 0 Å². The zero-order valence-electron chi connectivity index (χ0n) is 13.9. The van der Waals surface area contributed by atoms with E-state index in [1.54, 1.807) is 0 Å². The van der Waals surface area contributed by atoms with Gasteiger partial charge in [-0.25, -0.2) is 0 Å². The summed E-state index contributed by atoms with van der Waals surface area (Å²) in [4.78, 5) is 7.21. The van der Waals surface area contributed by atoms with Crippen LogP contribution in [0.3, 0.4) is 0 Å². The van der Waals surface area contributed by atoms with Crippen molar-refractivity contribution in [3.05, 3.63) is 47.1 Å². The molecule has 0 spiro atoms. The van der Waals surface area contributed by atoms with Gasteiger partial charge in [-0.1, -0.05) is 47.8 Å². The highest BCUT2D eigenvalue weighted by Crippen LogP contribution is 2.45. The van der Waals surface area contributed by atoms with Crippen LogP contribution in [0.25, 0.3) is 0 Å². The first kappa shape index (κ1) is 14.9. The van der Waals surface area contributed by atoms with Crippen molar-refractivity contribution in [3.8, 4) is 0 Å². The Morgan fingerprint density at radius 2 is 1.74 bits per heavy atom. The Bertz CT molecular complexity index is 650. The topological polar surface area (TPSA) is 42.2 Å². The minimum absolute atomic E-state index is 0.0412. The van der Waals surface area contributed by atoms with Gasteiger partial charge < -0.3 is 4.52 Å². The third-order valence-corrected chi connectivity index (χ3v) is 5.51. The molecule has 0 radical (unpaired) electrons. The summed E-state index contributed by atoms with van der Waals surface area (Å²) in [6.07, 6.45) is 7.30. The van der Waals surface area contributed by atoms with Gasteiger partial charge in [-0.2, -0.15) is 4.98 Å². The lowest BCUT2D eigenvalue weighted by atomic mass is 9.78. The molecule has 4 heteroatoms. The van der Waals surface area contributed by atoms with E-state index >= 15 is 0 Å². The Labute approximate surface area is 137 Å². The van der Waals surface area contributed by atoms with E-state index in [1.807, 2.05) is 0 Å². The Kier molecular flexibility index (Phi) is 3.93. The van der Waals surface area contributed by atoms with E-state index in [-0.39, 0.29) is 5.41 Å². The molecule has 1 aromatic heterocycles. The molecule has 2 fully saturated rings. The number of benzene rings is 1. The molecule has 2 heterocycles. The summed E-state index contributed by atoms with van der Waals surface area (Å²) in [5.41, 5.74) is 2.60. The summed E-state index contributed by atoms with van der Waals surface area (Å²) < 4.78 is 5.61. The summed E-state index contributed by atoms with van der Waals surface area (Å²) in [5, 5.41) is 4.40. The van der Waals surface area contributed by atoms with Gasteiger partial charge in [-0.15, -0.1) is 0 Å². The maximum Gasteiger partial charge on any atom is 0.240 e. The molecule has 0 N–H and O–H groups in total. The molecule has 1 aliphatic carbocycles.